The Morgan fingerprint density at radius 2 is 1.77 bits per heavy atom. The van der Waals surface area contributed by atoms with Gasteiger partial charge in [0.2, 0.25) is 0 Å². The van der Waals surface area contributed by atoms with Gasteiger partial charge in [-0.3, -0.25) is 9.69 Å². The van der Waals surface area contributed by atoms with Crippen LogP contribution in [0, 0.1) is 17.8 Å². The highest BCUT2D eigenvalue weighted by Crippen LogP contribution is 2.57. The molecule has 8 atom stereocenters. The largest absolute Gasteiger partial charge is 0.374 e. The van der Waals surface area contributed by atoms with Crippen LogP contribution in [0.5, 0.6) is 0 Å². The Bertz CT molecular complexity index is 804. The summed E-state index contributed by atoms with van der Waals surface area (Å²) in [5.41, 5.74) is 1.56. The molecule has 31 heavy (non-hydrogen) atoms. The van der Waals surface area contributed by atoms with Gasteiger partial charge in [0, 0.05) is 42.1 Å². The summed E-state index contributed by atoms with van der Waals surface area (Å²) in [4.78, 5) is 13.6. The molecule has 1 aromatic carbocycles. The maximum Gasteiger partial charge on any atom is 0.150 e. The topological polar surface area (TPSA) is 52.3 Å². The normalized spacial score (nSPS) is 43.3. The minimum absolute atomic E-state index is 0.361. The van der Waals surface area contributed by atoms with E-state index in [1.54, 1.807) is 0 Å². The van der Waals surface area contributed by atoms with Crippen molar-refractivity contribution in [1.29, 1.82) is 0 Å². The predicted octanol–water partition coefficient (Wildman–Crippen LogP) is 4.48. The number of benzene rings is 1. The second-order valence-electron chi connectivity index (χ2n) is 11.3. The molecule has 0 spiro atoms. The van der Waals surface area contributed by atoms with E-state index >= 15 is 0 Å². The van der Waals surface area contributed by atoms with Crippen molar-refractivity contribution in [2.45, 2.75) is 100 Å². The van der Waals surface area contributed by atoms with E-state index in [1.807, 2.05) is 12.1 Å². The van der Waals surface area contributed by atoms with Crippen molar-refractivity contribution in [2.24, 2.45) is 17.8 Å². The second-order valence-corrected chi connectivity index (χ2v) is 11.3. The first-order valence-corrected chi connectivity index (χ1v) is 13.0. The second kappa shape index (κ2) is 7.97. The average Bonchev–Trinajstić information content (AvgIpc) is 3.16. The van der Waals surface area contributed by atoms with Crippen molar-refractivity contribution >= 4 is 6.29 Å². The van der Waals surface area contributed by atoms with Crippen LogP contribution in [0.25, 0.3) is 0 Å². The summed E-state index contributed by atoms with van der Waals surface area (Å²) in [5, 5.41) is 15.6. The van der Waals surface area contributed by atoms with Crippen molar-refractivity contribution < 1.29 is 9.90 Å². The smallest absolute Gasteiger partial charge is 0.150 e. The first-order valence-electron chi connectivity index (χ1n) is 13.0. The molecule has 1 aromatic rings. The number of aliphatic hydroxyl groups is 1. The number of nitrogens with zero attached hydrogens (tertiary/aromatic N) is 1. The van der Waals surface area contributed by atoms with Crippen molar-refractivity contribution in [3.63, 3.8) is 0 Å². The third-order valence-electron chi connectivity index (χ3n) is 9.74. The molecular formula is C27H38N2O2. The van der Waals surface area contributed by atoms with Gasteiger partial charge in [0.25, 0.3) is 0 Å². The van der Waals surface area contributed by atoms with Gasteiger partial charge in [-0.2, -0.15) is 0 Å². The molecule has 168 valence electrons. The zero-order valence-electron chi connectivity index (χ0n) is 18.7. The Morgan fingerprint density at radius 3 is 2.55 bits per heavy atom. The van der Waals surface area contributed by atoms with Gasteiger partial charge >= 0.3 is 0 Å². The van der Waals surface area contributed by atoms with E-state index in [0.29, 0.717) is 35.9 Å². The van der Waals surface area contributed by atoms with Crippen LogP contribution in [0.1, 0.15) is 92.5 Å². The van der Waals surface area contributed by atoms with Crippen LogP contribution in [-0.4, -0.2) is 46.7 Å². The third-order valence-corrected chi connectivity index (χ3v) is 9.74. The number of hydrogen-bond acceptors (Lipinski definition) is 4. The summed E-state index contributed by atoms with van der Waals surface area (Å²) < 4.78 is 0. The quantitative estimate of drug-likeness (QED) is 0.543. The van der Waals surface area contributed by atoms with E-state index in [-0.39, 0.29) is 0 Å². The molecule has 6 rings (SSSR count). The monoisotopic (exact) mass is 422 g/mol. The lowest BCUT2D eigenvalue weighted by Crippen LogP contribution is -2.51. The van der Waals surface area contributed by atoms with Crippen molar-refractivity contribution in [3.05, 3.63) is 35.4 Å². The summed E-state index contributed by atoms with van der Waals surface area (Å²) >= 11 is 0. The van der Waals surface area contributed by atoms with Crippen LogP contribution in [-0.2, 0) is 0 Å². The van der Waals surface area contributed by atoms with Crippen LogP contribution in [0.4, 0.5) is 0 Å². The third kappa shape index (κ3) is 3.50. The molecule has 4 nitrogen and oxygen atoms in total. The minimum Gasteiger partial charge on any atom is -0.374 e. The molecule has 2 saturated carbocycles. The van der Waals surface area contributed by atoms with E-state index in [2.05, 4.69) is 22.3 Å². The summed E-state index contributed by atoms with van der Waals surface area (Å²) in [6, 6.07) is 9.97. The van der Waals surface area contributed by atoms with E-state index in [4.69, 9.17) is 0 Å². The van der Waals surface area contributed by atoms with E-state index in [0.717, 1.165) is 30.7 Å². The molecule has 8 unspecified atom stereocenters. The Hall–Kier alpha value is -1.23. The van der Waals surface area contributed by atoms with Crippen LogP contribution in [0.3, 0.4) is 0 Å². The summed E-state index contributed by atoms with van der Waals surface area (Å²) in [5.74, 6) is 2.41. The highest BCUT2D eigenvalue weighted by atomic mass is 16.3. The maximum atomic E-state index is 11.6. The number of carbonyl (C=O) groups is 1. The SMILES string of the molecule is O=Cc1ccc(C(C2CCCCC2)C2CC(C3CCC4CCCC4N3)C3(O)CN23)cc1. The molecule has 5 aliphatic rings. The average molecular weight is 423 g/mol. The number of nitrogens with one attached hydrogen (secondary N) is 1. The minimum atomic E-state index is -0.580. The number of fused-ring (bicyclic) bond motifs is 2. The van der Waals surface area contributed by atoms with Gasteiger partial charge < -0.3 is 10.4 Å². The van der Waals surface area contributed by atoms with Crippen LogP contribution >= 0.6 is 0 Å². The fourth-order valence-corrected chi connectivity index (χ4v) is 8.12. The van der Waals surface area contributed by atoms with Crippen LogP contribution in [0.15, 0.2) is 24.3 Å². The summed E-state index contributed by atoms with van der Waals surface area (Å²) in [6.07, 6.45) is 15.4. The number of rotatable bonds is 5. The molecule has 3 aliphatic heterocycles. The fraction of sp³-hybridized carbons (Fsp3) is 0.741. The molecule has 2 N–H and O–H groups in total. The van der Waals surface area contributed by atoms with Crippen molar-refractivity contribution in [1.82, 2.24) is 10.2 Å². The first kappa shape index (κ1) is 20.4. The van der Waals surface area contributed by atoms with Crippen molar-refractivity contribution in [2.75, 3.05) is 6.54 Å². The zero-order chi connectivity index (χ0) is 21.0. The van der Waals surface area contributed by atoms with E-state index in [1.165, 1.54) is 69.8 Å². The lowest BCUT2D eigenvalue weighted by molar-refractivity contribution is 0.0323. The molecule has 4 heteroatoms. The molecule has 0 amide bonds. The Kier molecular flexibility index (Phi) is 5.24. The van der Waals surface area contributed by atoms with Gasteiger partial charge in [-0.25, -0.2) is 0 Å². The molecular weight excluding hydrogens is 384 g/mol. The van der Waals surface area contributed by atoms with Gasteiger partial charge in [-0.1, -0.05) is 49.9 Å². The number of aldehydes is 1. The van der Waals surface area contributed by atoms with Crippen molar-refractivity contribution in [3.8, 4) is 0 Å². The molecule has 3 saturated heterocycles. The lowest BCUT2D eigenvalue weighted by Gasteiger charge is -2.39. The Morgan fingerprint density at radius 1 is 0.968 bits per heavy atom. The van der Waals surface area contributed by atoms with Gasteiger partial charge in [0.1, 0.15) is 12.0 Å². The van der Waals surface area contributed by atoms with Crippen LogP contribution in [0.2, 0.25) is 0 Å². The number of carbonyl (C=O) groups excluding carboxylic acids is 1. The molecule has 2 aliphatic carbocycles. The van der Waals surface area contributed by atoms with Gasteiger partial charge in [0.15, 0.2) is 0 Å². The summed E-state index contributed by atoms with van der Waals surface area (Å²) in [7, 11) is 0. The number of hydrogen-bond donors (Lipinski definition) is 2. The van der Waals surface area contributed by atoms with Crippen LogP contribution < -0.4 is 5.32 Å². The van der Waals surface area contributed by atoms with Gasteiger partial charge in [0.05, 0.1) is 0 Å². The highest BCUT2D eigenvalue weighted by Gasteiger charge is 2.68. The maximum absolute atomic E-state index is 11.6. The Balaban J connectivity index is 1.26. The molecule has 3 heterocycles. The zero-order valence-corrected chi connectivity index (χ0v) is 18.7. The standard InChI is InChI=1S/C27H38N2O2/c30-16-18-9-11-21(12-10-18)26(20-5-2-1-3-6-20)25-15-22(27(31)17-29(25)27)24-14-13-19-7-4-8-23(19)28-24/h9-12,16,19-20,22-26,28,31H,1-8,13-15,17H2. The first-order chi connectivity index (χ1) is 15.2. The Labute approximate surface area is 186 Å². The lowest BCUT2D eigenvalue weighted by atomic mass is 9.71. The fourth-order valence-electron chi connectivity index (χ4n) is 8.12. The number of piperidine rings is 2. The molecule has 5 fully saturated rings. The molecule has 0 bridgehead atoms. The predicted molar refractivity (Wildman–Crippen MR) is 122 cm³/mol. The van der Waals surface area contributed by atoms with E-state index < -0.39 is 5.72 Å². The molecule has 0 aromatic heterocycles. The van der Waals surface area contributed by atoms with E-state index in [9.17, 15) is 9.90 Å². The molecule has 0 radical (unpaired) electrons. The summed E-state index contributed by atoms with van der Waals surface area (Å²) in [6.45, 7) is 0.851. The van der Waals surface area contributed by atoms with Gasteiger partial charge in [-0.05, 0) is 62.3 Å². The van der Waals surface area contributed by atoms with Gasteiger partial charge in [-0.15, -0.1) is 0 Å². The highest BCUT2D eigenvalue weighted by molar-refractivity contribution is 5.74.